The number of carbonyl (C=O) groups excluding carboxylic acids is 1. The van der Waals surface area contributed by atoms with E-state index in [9.17, 15) is 20.0 Å². The van der Waals surface area contributed by atoms with Crippen molar-refractivity contribution in [3.8, 4) is 0 Å². The third kappa shape index (κ3) is 2.97. The third-order valence-electron chi connectivity index (χ3n) is 3.78. The van der Waals surface area contributed by atoms with Gasteiger partial charge in [0.2, 0.25) is 0 Å². The van der Waals surface area contributed by atoms with E-state index in [1.165, 1.54) is 11.0 Å². The van der Waals surface area contributed by atoms with Gasteiger partial charge in [0.1, 0.15) is 5.02 Å². The Hall–Kier alpha value is -1.37. The van der Waals surface area contributed by atoms with Crippen molar-refractivity contribution in [2.75, 3.05) is 13.2 Å². The van der Waals surface area contributed by atoms with Gasteiger partial charge in [-0.1, -0.05) is 30.1 Å². The summed E-state index contributed by atoms with van der Waals surface area (Å²) in [6, 6.07) is 2.15. The third-order valence-corrected chi connectivity index (χ3v) is 4.58. The Labute approximate surface area is 131 Å². The molecule has 0 saturated carbocycles. The summed E-state index contributed by atoms with van der Waals surface area (Å²) < 4.78 is 0. The van der Waals surface area contributed by atoms with Crippen LogP contribution in [0, 0.1) is 16.0 Å². The quantitative estimate of drug-likeness (QED) is 0.681. The molecule has 1 saturated heterocycles. The van der Waals surface area contributed by atoms with Crippen molar-refractivity contribution in [1.29, 1.82) is 0 Å². The van der Waals surface area contributed by atoms with Gasteiger partial charge >= 0.3 is 0 Å². The fourth-order valence-corrected chi connectivity index (χ4v) is 2.93. The van der Waals surface area contributed by atoms with Crippen LogP contribution in [0.25, 0.3) is 0 Å². The highest BCUT2D eigenvalue weighted by molar-refractivity contribution is 6.43. The van der Waals surface area contributed by atoms with Gasteiger partial charge in [-0.2, -0.15) is 0 Å². The second-order valence-electron chi connectivity index (χ2n) is 5.06. The normalized spacial score (nSPS) is 21.6. The SMILES string of the molecule is CC1CCN(C(=O)c2cc(Cl)c(Cl)c([N+](=O)[O-])c2)C1CO. The molecule has 0 spiro atoms. The zero-order valence-corrected chi connectivity index (χ0v) is 12.8. The van der Waals surface area contributed by atoms with Crippen molar-refractivity contribution < 1.29 is 14.8 Å². The summed E-state index contributed by atoms with van der Waals surface area (Å²) in [7, 11) is 0. The van der Waals surface area contributed by atoms with E-state index in [1.807, 2.05) is 6.92 Å². The fourth-order valence-electron chi connectivity index (χ4n) is 2.54. The van der Waals surface area contributed by atoms with E-state index < -0.39 is 10.6 Å². The Morgan fingerprint density at radius 1 is 1.52 bits per heavy atom. The molecule has 0 radical (unpaired) electrons. The number of aliphatic hydroxyl groups excluding tert-OH is 1. The Balaban J connectivity index is 2.38. The molecule has 1 aliphatic rings. The highest BCUT2D eigenvalue weighted by Crippen LogP contribution is 2.34. The Morgan fingerprint density at radius 2 is 2.19 bits per heavy atom. The smallest absolute Gasteiger partial charge is 0.290 e. The molecule has 0 bridgehead atoms. The molecule has 114 valence electrons. The van der Waals surface area contributed by atoms with Crippen LogP contribution in [0.1, 0.15) is 23.7 Å². The molecule has 2 atom stereocenters. The maximum Gasteiger partial charge on any atom is 0.290 e. The number of halogens is 2. The maximum atomic E-state index is 12.5. The summed E-state index contributed by atoms with van der Waals surface area (Å²) >= 11 is 11.6. The van der Waals surface area contributed by atoms with Gasteiger partial charge in [-0.25, -0.2) is 0 Å². The fraction of sp³-hybridized carbons (Fsp3) is 0.462. The van der Waals surface area contributed by atoms with Crippen molar-refractivity contribution >= 4 is 34.8 Å². The number of amides is 1. The first-order valence-corrected chi connectivity index (χ1v) is 7.17. The summed E-state index contributed by atoms with van der Waals surface area (Å²) in [4.78, 5) is 24.3. The number of carbonyl (C=O) groups is 1. The van der Waals surface area contributed by atoms with Gasteiger partial charge in [0.25, 0.3) is 11.6 Å². The molecule has 1 heterocycles. The van der Waals surface area contributed by atoms with E-state index in [1.54, 1.807) is 0 Å². The summed E-state index contributed by atoms with van der Waals surface area (Å²) in [6.07, 6.45) is 0.778. The lowest BCUT2D eigenvalue weighted by Crippen LogP contribution is -2.39. The minimum absolute atomic E-state index is 0.0398. The highest BCUT2D eigenvalue weighted by atomic mass is 35.5. The topological polar surface area (TPSA) is 83.7 Å². The average Bonchev–Trinajstić information content (AvgIpc) is 2.81. The average molecular weight is 333 g/mol. The van der Waals surface area contributed by atoms with Crippen molar-refractivity contribution in [2.24, 2.45) is 5.92 Å². The minimum Gasteiger partial charge on any atom is -0.394 e. The van der Waals surface area contributed by atoms with E-state index >= 15 is 0 Å². The molecule has 1 fully saturated rings. The predicted molar refractivity (Wildman–Crippen MR) is 78.8 cm³/mol. The number of nitro groups is 1. The first-order valence-electron chi connectivity index (χ1n) is 6.42. The lowest BCUT2D eigenvalue weighted by molar-refractivity contribution is -0.384. The Kier molecular flexibility index (Phi) is 4.70. The first-order chi connectivity index (χ1) is 9.86. The van der Waals surface area contributed by atoms with E-state index in [0.29, 0.717) is 6.54 Å². The molecule has 8 heteroatoms. The molecule has 21 heavy (non-hydrogen) atoms. The van der Waals surface area contributed by atoms with Crippen LogP contribution in [-0.4, -0.2) is 40.0 Å². The number of rotatable bonds is 3. The van der Waals surface area contributed by atoms with Crippen LogP contribution in [0.2, 0.25) is 10.0 Å². The molecular weight excluding hydrogens is 319 g/mol. The molecule has 1 amide bonds. The number of hydrogen-bond acceptors (Lipinski definition) is 4. The van der Waals surface area contributed by atoms with Crippen LogP contribution in [0.15, 0.2) is 12.1 Å². The maximum absolute atomic E-state index is 12.5. The van der Waals surface area contributed by atoms with Gasteiger partial charge in [-0.05, 0) is 18.4 Å². The summed E-state index contributed by atoms with van der Waals surface area (Å²) in [6.45, 7) is 2.31. The van der Waals surface area contributed by atoms with Crippen LogP contribution in [0.3, 0.4) is 0 Å². The number of aliphatic hydroxyl groups is 1. The molecule has 2 rings (SSSR count). The van der Waals surface area contributed by atoms with Gasteiger partial charge in [0.15, 0.2) is 0 Å². The van der Waals surface area contributed by atoms with E-state index in [0.717, 1.165) is 12.5 Å². The number of benzene rings is 1. The Morgan fingerprint density at radius 3 is 2.76 bits per heavy atom. The predicted octanol–water partition coefficient (Wildman–Crippen LogP) is 2.74. The zero-order valence-electron chi connectivity index (χ0n) is 11.3. The minimum atomic E-state index is -0.679. The molecule has 2 unspecified atom stereocenters. The number of nitrogens with zero attached hydrogens (tertiary/aromatic N) is 2. The van der Waals surface area contributed by atoms with Gasteiger partial charge < -0.3 is 10.0 Å². The van der Waals surface area contributed by atoms with Crippen LogP contribution >= 0.6 is 23.2 Å². The molecule has 1 aromatic rings. The zero-order chi connectivity index (χ0) is 15.7. The van der Waals surface area contributed by atoms with E-state index in [-0.39, 0.29) is 40.1 Å². The standard InChI is InChI=1S/C13H14Cl2N2O4/c1-7-2-3-16(11(7)6-18)13(19)8-4-9(14)12(15)10(5-8)17(20)21/h4-5,7,11,18H,2-3,6H2,1H3. The molecule has 6 nitrogen and oxygen atoms in total. The van der Waals surface area contributed by atoms with Crippen LogP contribution in [-0.2, 0) is 0 Å². The second-order valence-corrected chi connectivity index (χ2v) is 5.85. The molecule has 1 aromatic carbocycles. The summed E-state index contributed by atoms with van der Waals surface area (Å²) in [5, 5.41) is 20.1. The van der Waals surface area contributed by atoms with E-state index in [2.05, 4.69) is 0 Å². The highest BCUT2D eigenvalue weighted by Gasteiger charge is 2.35. The molecular formula is C13H14Cl2N2O4. The van der Waals surface area contributed by atoms with Crippen molar-refractivity contribution in [2.45, 2.75) is 19.4 Å². The van der Waals surface area contributed by atoms with Crippen molar-refractivity contribution in [3.05, 3.63) is 37.9 Å². The largest absolute Gasteiger partial charge is 0.394 e. The monoisotopic (exact) mass is 332 g/mol. The van der Waals surface area contributed by atoms with Crippen LogP contribution in [0.4, 0.5) is 5.69 Å². The molecule has 1 aliphatic heterocycles. The lowest BCUT2D eigenvalue weighted by atomic mass is 10.0. The van der Waals surface area contributed by atoms with Gasteiger partial charge in [0, 0.05) is 18.2 Å². The lowest BCUT2D eigenvalue weighted by Gasteiger charge is -2.25. The summed E-state index contributed by atoms with van der Waals surface area (Å²) in [5.41, 5.74) is -0.302. The van der Waals surface area contributed by atoms with Crippen molar-refractivity contribution in [1.82, 2.24) is 4.90 Å². The molecule has 1 N–H and O–H groups in total. The van der Waals surface area contributed by atoms with Gasteiger partial charge in [0.05, 0.1) is 22.6 Å². The van der Waals surface area contributed by atoms with E-state index in [4.69, 9.17) is 23.2 Å². The van der Waals surface area contributed by atoms with Gasteiger partial charge in [-0.15, -0.1) is 0 Å². The molecule has 0 aromatic heterocycles. The summed E-state index contributed by atoms with van der Waals surface area (Å²) in [5.74, 6) is -0.211. The Bertz CT molecular complexity index is 594. The van der Waals surface area contributed by atoms with Gasteiger partial charge in [-0.3, -0.25) is 14.9 Å². The number of likely N-dealkylation sites (tertiary alicyclic amines) is 1. The molecule has 0 aliphatic carbocycles. The number of nitro benzene ring substituents is 1. The number of hydrogen-bond donors (Lipinski definition) is 1. The second kappa shape index (κ2) is 6.17. The van der Waals surface area contributed by atoms with Crippen LogP contribution < -0.4 is 0 Å². The van der Waals surface area contributed by atoms with Crippen LogP contribution in [0.5, 0.6) is 0 Å². The van der Waals surface area contributed by atoms with Crippen molar-refractivity contribution in [3.63, 3.8) is 0 Å². The first kappa shape index (κ1) is 16.0.